The van der Waals surface area contributed by atoms with Gasteiger partial charge in [-0.15, -0.1) is 0 Å². The quantitative estimate of drug-likeness (QED) is 0.576. The summed E-state index contributed by atoms with van der Waals surface area (Å²) in [5, 5.41) is 3.62. The summed E-state index contributed by atoms with van der Waals surface area (Å²) < 4.78 is 5.42. The monoisotopic (exact) mass is 228 g/mol. The predicted octanol–water partition coefficient (Wildman–Crippen LogP) is 1.73. The van der Waals surface area contributed by atoms with Gasteiger partial charge in [-0.2, -0.15) is 0 Å². The van der Waals surface area contributed by atoms with Crippen molar-refractivity contribution < 1.29 is 4.74 Å². The van der Waals surface area contributed by atoms with E-state index in [9.17, 15) is 0 Å². The van der Waals surface area contributed by atoms with Crippen LogP contribution in [0.2, 0.25) is 0 Å². The third-order valence-corrected chi connectivity index (χ3v) is 3.32. The second-order valence-corrected chi connectivity index (χ2v) is 4.59. The average Bonchev–Trinajstić information content (AvgIpc) is 3.10. The van der Waals surface area contributed by atoms with Crippen molar-refractivity contribution in [3.63, 3.8) is 0 Å². The Morgan fingerprint density at radius 2 is 2.06 bits per heavy atom. The molecule has 96 valence electrons. The van der Waals surface area contributed by atoms with E-state index in [4.69, 9.17) is 4.74 Å². The maximum Gasteiger partial charge on any atom is 0.0593 e. The van der Waals surface area contributed by atoms with Crippen molar-refractivity contribution >= 4 is 0 Å². The van der Waals surface area contributed by atoms with Crippen LogP contribution in [0.4, 0.5) is 0 Å². The molecule has 0 aliphatic heterocycles. The molecule has 0 aromatic rings. The summed E-state index contributed by atoms with van der Waals surface area (Å²) in [6, 6.07) is 0.701. The van der Waals surface area contributed by atoms with Crippen molar-refractivity contribution in [3.05, 3.63) is 0 Å². The van der Waals surface area contributed by atoms with Gasteiger partial charge in [-0.05, 0) is 38.8 Å². The molecule has 1 fully saturated rings. The minimum Gasteiger partial charge on any atom is -0.380 e. The number of likely N-dealkylation sites (N-methyl/N-ethyl adjacent to an activating group) is 2. The Labute approximate surface area is 101 Å². The number of nitrogens with zero attached hydrogens (tertiary/aromatic N) is 1. The summed E-state index contributed by atoms with van der Waals surface area (Å²) >= 11 is 0. The summed E-state index contributed by atoms with van der Waals surface area (Å²) in [5.41, 5.74) is 0. The van der Waals surface area contributed by atoms with Crippen LogP contribution in [0.5, 0.6) is 0 Å². The van der Waals surface area contributed by atoms with Crippen LogP contribution in [0, 0.1) is 5.92 Å². The van der Waals surface area contributed by atoms with Gasteiger partial charge >= 0.3 is 0 Å². The topological polar surface area (TPSA) is 24.5 Å². The van der Waals surface area contributed by atoms with Gasteiger partial charge in [-0.1, -0.05) is 13.8 Å². The van der Waals surface area contributed by atoms with Crippen LogP contribution in [0.15, 0.2) is 0 Å². The zero-order valence-corrected chi connectivity index (χ0v) is 11.2. The SMILES string of the molecule is CCNC(CN(CC)CCOCC)C1CC1. The molecule has 0 spiro atoms. The Hall–Kier alpha value is -0.120. The number of rotatable bonds is 10. The van der Waals surface area contributed by atoms with Crippen LogP contribution in [0.25, 0.3) is 0 Å². The number of hydrogen-bond donors (Lipinski definition) is 1. The molecular formula is C13H28N2O. The van der Waals surface area contributed by atoms with Crippen LogP contribution in [0.3, 0.4) is 0 Å². The summed E-state index contributed by atoms with van der Waals surface area (Å²) in [5.74, 6) is 0.932. The maximum atomic E-state index is 5.42. The molecule has 0 aromatic carbocycles. The number of hydrogen-bond acceptors (Lipinski definition) is 3. The standard InChI is InChI=1S/C13H28N2O/c1-4-14-13(12-7-8-12)11-15(5-2)9-10-16-6-3/h12-14H,4-11H2,1-3H3. The van der Waals surface area contributed by atoms with Crippen LogP contribution >= 0.6 is 0 Å². The smallest absolute Gasteiger partial charge is 0.0593 e. The molecule has 1 unspecified atom stereocenters. The first kappa shape index (κ1) is 13.9. The Balaban J connectivity index is 2.22. The van der Waals surface area contributed by atoms with E-state index >= 15 is 0 Å². The van der Waals surface area contributed by atoms with Gasteiger partial charge in [0.2, 0.25) is 0 Å². The van der Waals surface area contributed by atoms with Gasteiger partial charge in [0.1, 0.15) is 0 Å². The van der Waals surface area contributed by atoms with E-state index in [0.29, 0.717) is 6.04 Å². The Morgan fingerprint density at radius 3 is 2.56 bits per heavy atom. The summed E-state index contributed by atoms with van der Waals surface area (Å²) in [4.78, 5) is 2.50. The Morgan fingerprint density at radius 1 is 1.31 bits per heavy atom. The molecule has 1 rings (SSSR count). The zero-order valence-electron chi connectivity index (χ0n) is 11.2. The lowest BCUT2D eigenvalue weighted by molar-refractivity contribution is 0.110. The predicted molar refractivity (Wildman–Crippen MR) is 68.8 cm³/mol. The lowest BCUT2D eigenvalue weighted by Crippen LogP contribution is -2.43. The molecule has 1 N–H and O–H groups in total. The Kier molecular flexibility index (Phi) is 7.01. The van der Waals surface area contributed by atoms with E-state index in [2.05, 4.69) is 31.0 Å². The average molecular weight is 228 g/mol. The van der Waals surface area contributed by atoms with E-state index < -0.39 is 0 Å². The normalized spacial score (nSPS) is 18.0. The van der Waals surface area contributed by atoms with Crippen molar-refractivity contribution in [2.45, 2.75) is 39.7 Å². The number of ether oxygens (including phenoxy) is 1. The van der Waals surface area contributed by atoms with Crippen molar-refractivity contribution in [2.75, 3.05) is 39.4 Å². The largest absolute Gasteiger partial charge is 0.380 e. The number of nitrogens with one attached hydrogen (secondary N) is 1. The molecule has 16 heavy (non-hydrogen) atoms. The molecule has 1 atom stereocenters. The third kappa shape index (κ3) is 5.28. The van der Waals surface area contributed by atoms with Gasteiger partial charge in [0.05, 0.1) is 6.61 Å². The van der Waals surface area contributed by atoms with E-state index in [1.54, 1.807) is 0 Å². The first-order valence-corrected chi connectivity index (χ1v) is 6.85. The lowest BCUT2D eigenvalue weighted by Gasteiger charge is -2.26. The maximum absolute atomic E-state index is 5.42. The molecule has 0 amide bonds. The molecule has 3 heteroatoms. The zero-order chi connectivity index (χ0) is 11.8. The van der Waals surface area contributed by atoms with Crippen molar-refractivity contribution in [2.24, 2.45) is 5.92 Å². The molecule has 0 radical (unpaired) electrons. The van der Waals surface area contributed by atoms with Crippen LogP contribution in [0.1, 0.15) is 33.6 Å². The first-order valence-electron chi connectivity index (χ1n) is 6.85. The molecular weight excluding hydrogens is 200 g/mol. The fraction of sp³-hybridized carbons (Fsp3) is 1.00. The molecule has 3 nitrogen and oxygen atoms in total. The van der Waals surface area contributed by atoms with Gasteiger partial charge in [0.25, 0.3) is 0 Å². The van der Waals surface area contributed by atoms with Crippen molar-refractivity contribution in [1.29, 1.82) is 0 Å². The molecule has 0 bridgehead atoms. The highest BCUT2D eigenvalue weighted by Crippen LogP contribution is 2.32. The van der Waals surface area contributed by atoms with E-state index in [0.717, 1.165) is 38.8 Å². The highest BCUT2D eigenvalue weighted by molar-refractivity contribution is 4.88. The fourth-order valence-electron chi connectivity index (χ4n) is 2.14. The highest BCUT2D eigenvalue weighted by atomic mass is 16.5. The summed E-state index contributed by atoms with van der Waals surface area (Å²) in [6.07, 6.45) is 2.83. The fourth-order valence-corrected chi connectivity index (χ4v) is 2.14. The van der Waals surface area contributed by atoms with Gasteiger partial charge in [-0.25, -0.2) is 0 Å². The second-order valence-electron chi connectivity index (χ2n) is 4.59. The summed E-state index contributed by atoms with van der Waals surface area (Å²) in [6.45, 7) is 12.7. The van der Waals surface area contributed by atoms with Crippen LogP contribution in [-0.4, -0.2) is 50.3 Å². The minimum absolute atomic E-state index is 0.701. The van der Waals surface area contributed by atoms with Gasteiger partial charge in [0, 0.05) is 25.7 Å². The minimum atomic E-state index is 0.701. The molecule has 1 saturated carbocycles. The van der Waals surface area contributed by atoms with Gasteiger partial charge in [-0.3, -0.25) is 4.90 Å². The van der Waals surface area contributed by atoms with Gasteiger partial charge < -0.3 is 10.1 Å². The third-order valence-electron chi connectivity index (χ3n) is 3.32. The van der Waals surface area contributed by atoms with E-state index in [1.165, 1.54) is 19.4 Å². The molecule has 1 aliphatic rings. The van der Waals surface area contributed by atoms with Crippen LogP contribution < -0.4 is 5.32 Å². The Bertz CT molecular complexity index is 171. The summed E-state index contributed by atoms with van der Waals surface area (Å²) in [7, 11) is 0. The molecule has 1 aliphatic carbocycles. The lowest BCUT2D eigenvalue weighted by atomic mass is 10.1. The second kappa shape index (κ2) is 8.04. The van der Waals surface area contributed by atoms with Crippen molar-refractivity contribution in [1.82, 2.24) is 10.2 Å². The molecule has 0 heterocycles. The van der Waals surface area contributed by atoms with Crippen LogP contribution in [-0.2, 0) is 4.74 Å². The van der Waals surface area contributed by atoms with Gasteiger partial charge in [0.15, 0.2) is 0 Å². The highest BCUT2D eigenvalue weighted by Gasteiger charge is 2.31. The van der Waals surface area contributed by atoms with Crippen molar-refractivity contribution in [3.8, 4) is 0 Å². The molecule has 0 aromatic heterocycles. The van der Waals surface area contributed by atoms with E-state index in [-0.39, 0.29) is 0 Å². The van der Waals surface area contributed by atoms with E-state index in [1.807, 2.05) is 0 Å². The molecule has 0 saturated heterocycles. The first-order chi connectivity index (χ1) is 7.81.